The molecule has 0 spiro atoms. The van der Waals surface area contributed by atoms with E-state index in [1.807, 2.05) is 0 Å². The fourth-order valence-electron chi connectivity index (χ4n) is 1.71. The van der Waals surface area contributed by atoms with Crippen molar-refractivity contribution in [2.75, 3.05) is 5.32 Å². The van der Waals surface area contributed by atoms with Crippen LogP contribution in [0.4, 0.5) is 23.2 Å². The van der Waals surface area contributed by atoms with Crippen molar-refractivity contribution >= 4 is 27.5 Å². The number of nitrogens with one attached hydrogen (secondary N) is 2. The van der Waals surface area contributed by atoms with E-state index in [1.165, 1.54) is 12.1 Å². The number of rotatable bonds is 2. The van der Waals surface area contributed by atoms with E-state index in [0.29, 0.717) is 4.47 Å². The topological polar surface area (TPSA) is 57.8 Å². The van der Waals surface area contributed by atoms with Crippen molar-refractivity contribution in [1.29, 1.82) is 0 Å². The van der Waals surface area contributed by atoms with E-state index in [-0.39, 0.29) is 11.3 Å². The van der Waals surface area contributed by atoms with Crippen LogP contribution in [0, 0.1) is 12.7 Å². The highest BCUT2D eigenvalue weighted by Crippen LogP contribution is 2.31. The summed E-state index contributed by atoms with van der Waals surface area (Å²) in [6, 6.07) is 3.63. The van der Waals surface area contributed by atoms with Gasteiger partial charge in [0.2, 0.25) is 0 Å². The molecule has 1 heterocycles. The molecule has 0 aliphatic rings. The first-order valence-corrected chi connectivity index (χ1v) is 6.37. The third kappa shape index (κ3) is 3.41. The van der Waals surface area contributed by atoms with Gasteiger partial charge in [0.15, 0.2) is 5.69 Å². The molecular formula is C12H8BrF4N3O. The molecule has 0 radical (unpaired) electrons. The summed E-state index contributed by atoms with van der Waals surface area (Å²) in [6.45, 7) is 1.13. The number of carbonyl (C=O) groups excluding carboxylic acids is 1. The number of carbonyl (C=O) groups is 1. The molecule has 0 unspecified atom stereocenters. The van der Waals surface area contributed by atoms with Crippen LogP contribution in [0.2, 0.25) is 0 Å². The van der Waals surface area contributed by atoms with Crippen molar-refractivity contribution in [2.24, 2.45) is 0 Å². The number of benzene rings is 1. The van der Waals surface area contributed by atoms with Crippen molar-refractivity contribution in [1.82, 2.24) is 10.2 Å². The highest BCUT2D eigenvalue weighted by molar-refractivity contribution is 9.10. The molecule has 0 fully saturated rings. The van der Waals surface area contributed by atoms with Gasteiger partial charge < -0.3 is 5.32 Å². The van der Waals surface area contributed by atoms with Gasteiger partial charge >= 0.3 is 6.18 Å². The molecule has 9 heteroatoms. The normalized spacial score (nSPS) is 11.5. The molecule has 1 amide bonds. The summed E-state index contributed by atoms with van der Waals surface area (Å²) in [4.78, 5) is 11.9. The lowest BCUT2D eigenvalue weighted by Crippen LogP contribution is -2.14. The molecule has 0 saturated carbocycles. The first kappa shape index (κ1) is 15.5. The highest BCUT2D eigenvalue weighted by atomic mass is 79.9. The van der Waals surface area contributed by atoms with Crippen LogP contribution in [0.25, 0.3) is 0 Å². The SMILES string of the molecule is Cc1c(C(=O)Nc2cc(F)cc(Br)c2)n[nH]c1C(F)(F)F. The molecule has 4 nitrogen and oxygen atoms in total. The second-order valence-corrected chi connectivity index (χ2v) is 5.10. The maximum atomic E-state index is 13.2. The summed E-state index contributed by atoms with van der Waals surface area (Å²) < 4.78 is 51.3. The summed E-state index contributed by atoms with van der Waals surface area (Å²) in [5, 5.41) is 7.43. The molecule has 21 heavy (non-hydrogen) atoms. The van der Waals surface area contributed by atoms with Crippen molar-refractivity contribution in [2.45, 2.75) is 13.1 Å². The summed E-state index contributed by atoms with van der Waals surface area (Å²) in [5.41, 5.74) is -1.71. The lowest BCUT2D eigenvalue weighted by Gasteiger charge is -2.06. The molecule has 1 aromatic carbocycles. The van der Waals surface area contributed by atoms with Crippen LogP contribution in [0.3, 0.4) is 0 Å². The molecular weight excluding hydrogens is 358 g/mol. The van der Waals surface area contributed by atoms with Crippen molar-refractivity contribution < 1.29 is 22.4 Å². The standard InChI is InChI=1S/C12H8BrF4N3O/c1-5-9(19-20-10(5)12(15,16)17)11(21)18-8-3-6(13)2-7(14)4-8/h2-4H,1H3,(H,18,21)(H,19,20). The molecule has 0 saturated heterocycles. The molecule has 1 aromatic heterocycles. The van der Waals surface area contributed by atoms with Gasteiger partial charge in [-0.05, 0) is 25.1 Å². The zero-order valence-corrected chi connectivity index (χ0v) is 12.1. The van der Waals surface area contributed by atoms with Gasteiger partial charge in [-0.3, -0.25) is 9.89 Å². The minimum Gasteiger partial charge on any atom is -0.320 e. The summed E-state index contributed by atoms with van der Waals surface area (Å²) >= 11 is 3.04. The van der Waals surface area contributed by atoms with E-state index >= 15 is 0 Å². The number of aromatic nitrogens is 2. The van der Waals surface area contributed by atoms with Gasteiger partial charge in [-0.25, -0.2) is 4.39 Å². The average molecular weight is 366 g/mol. The Balaban J connectivity index is 2.27. The number of H-pyrrole nitrogens is 1. The van der Waals surface area contributed by atoms with Gasteiger partial charge in [-0.1, -0.05) is 15.9 Å². The lowest BCUT2D eigenvalue weighted by molar-refractivity contribution is -0.141. The summed E-state index contributed by atoms with van der Waals surface area (Å²) in [6.07, 6.45) is -4.63. The summed E-state index contributed by atoms with van der Waals surface area (Å²) in [5.74, 6) is -1.47. The largest absolute Gasteiger partial charge is 0.433 e. The first-order chi connectivity index (χ1) is 9.68. The van der Waals surface area contributed by atoms with Gasteiger partial charge in [0.05, 0.1) is 0 Å². The Morgan fingerprint density at radius 3 is 2.52 bits per heavy atom. The summed E-state index contributed by atoms with van der Waals surface area (Å²) in [7, 11) is 0. The van der Waals surface area contributed by atoms with E-state index in [9.17, 15) is 22.4 Å². The van der Waals surface area contributed by atoms with E-state index in [1.54, 1.807) is 5.10 Å². The van der Waals surface area contributed by atoms with Gasteiger partial charge in [-0.15, -0.1) is 0 Å². The number of aromatic amines is 1. The molecule has 0 aliphatic carbocycles. The predicted octanol–water partition coefficient (Wildman–Crippen LogP) is 3.89. The minimum atomic E-state index is -4.63. The number of hydrogen-bond acceptors (Lipinski definition) is 2. The third-order valence-corrected chi connectivity index (χ3v) is 3.09. The number of nitrogens with zero attached hydrogens (tertiary/aromatic N) is 1. The number of anilines is 1. The second kappa shape index (κ2) is 5.47. The Bertz CT molecular complexity index is 676. The zero-order chi connectivity index (χ0) is 15.8. The Morgan fingerprint density at radius 1 is 1.33 bits per heavy atom. The van der Waals surface area contributed by atoms with Crippen LogP contribution < -0.4 is 5.32 Å². The van der Waals surface area contributed by atoms with Crippen molar-refractivity contribution in [3.63, 3.8) is 0 Å². The lowest BCUT2D eigenvalue weighted by atomic mass is 10.2. The number of alkyl halides is 3. The smallest absolute Gasteiger partial charge is 0.320 e. The van der Waals surface area contributed by atoms with Crippen LogP contribution in [0.15, 0.2) is 22.7 Å². The van der Waals surface area contributed by atoms with E-state index in [4.69, 9.17) is 0 Å². The second-order valence-electron chi connectivity index (χ2n) is 4.18. The average Bonchev–Trinajstić information content (AvgIpc) is 2.69. The zero-order valence-electron chi connectivity index (χ0n) is 10.5. The first-order valence-electron chi connectivity index (χ1n) is 5.58. The van der Waals surface area contributed by atoms with Gasteiger partial charge in [0.1, 0.15) is 11.5 Å². The van der Waals surface area contributed by atoms with Gasteiger partial charge in [0.25, 0.3) is 5.91 Å². The highest BCUT2D eigenvalue weighted by Gasteiger charge is 2.36. The molecule has 2 N–H and O–H groups in total. The third-order valence-electron chi connectivity index (χ3n) is 2.63. The number of halogens is 5. The molecule has 112 valence electrons. The van der Waals surface area contributed by atoms with Crippen LogP contribution in [-0.2, 0) is 6.18 Å². The van der Waals surface area contributed by atoms with Gasteiger partial charge in [-0.2, -0.15) is 18.3 Å². The fourth-order valence-corrected chi connectivity index (χ4v) is 2.18. The molecule has 2 rings (SSSR count). The van der Waals surface area contributed by atoms with Crippen LogP contribution >= 0.6 is 15.9 Å². The Hall–Kier alpha value is -1.90. The van der Waals surface area contributed by atoms with Crippen molar-refractivity contribution in [3.8, 4) is 0 Å². The maximum absolute atomic E-state index is 13.2. The Labute approximate surface area is 124 Å². The predicted molar refractivity (Wildman–Crippen MR) is 70.4 cm³/mol. The molecule has 0 bridgehead atoms. The monoisotopic (exact) mass is 365 g/mol. The van der Waals surface area contributed by atoms with Crippen molar-refractivity contribution in [3.05, 3.63) is 45.4 Å². The Morgan fingerprint density at radius 2 is 2.00 bits per heavy atom. The van der Waals surface area contributed by atoms with E-state index in [2.05, 4.69) is 26.3 Å². The fraction of sp³-hybridized carbons (Fsp3) is 0.167. The number of amides is 1. The molecule has 0 atom stereocenters. The Kier molecular flexibility index (Phi) is 4.04. The van der Waals surface area contributed by atoms with Crippen LogP contribution in [0.5, 0.6) is 0 Å². The van der Waals surface area contributed by atoms with Gasteiger partial charge in [0, 0.05) is 15.7 Å². The molecule has 0 aliphatic heterocycles. The number of hydrogen-bond donors (Lipinski definition) is 2. The van der Waals surface area contributed by atoms with E-state index in [0.717, 1.165) is 13.0 Å². The van der Waals surface area contributed by atoms with Crippen LogP contribution in [-0.4, -0.2) is 16.1 Å². The quantitative estimate of drug-likeness (QED) is 0.793. The van der Waals surface area contributed by atoms with Crippen LogP contribution in [0.1, 0.15) is 21.7 Å². The molecule has 2 aromatic rings. The maximum Gasteiger partial charge on any atom is 0.433 e. The van der Waals surface area contributed by atoms with E-state index < -0.39 is 29.3 Å². The minimum absolute atomic E-state index is 0.0998.